The van der Waals surface area contributed by atoms with E-state index in [2.05, 4.69) is 12.2 Å². The summed E-state index contributed by atoms with van der Waals surface area (Å²) in [6.45, 7) is 2.13. The van der Waals surface area contributed by atoms with Crippen LogP contribution >= 0.6 is 0 Å². The smallest absolute Gasteiger partial charge is 0.219 e. The van der Waals surface area contributed by atoms with Gasteiger partial charge in [0.1, 0.15) is 0 Å². The highest BCUT2D eigenvalue weighted by Gasteiger charge is 1.94. The zero-order valence-corrected chi connectivity index (χ0v) is 6.24. The second-order valence-electron chi connectivity index (χ2n) is 2.13. The van der Waals surface area contributed by atoms with Gasteiger partial charge in [0.25, 0.3) is 0 Å². The Hall–Kier alpha value is -0.530. The molecule has 0 heterocycles. The highest BCUT2D eigenvalue weighted by molar-refractivity contribution is 5.75. The molecule has 0 atom stereocenters. The minimum atomic E-state index is 0.156. The summed E-state index contributed by atoms with van der Waals surface area (Å²) in [6, 6.07) is 0. The van der Waals surface area contributed by atoms with Crippen LogP contribution in [-0.4, -0.2) is 13.0 Å². The van der Waals surface area contributed by atoms with E-state index in [0.717, 1.165) is 12.8 Å². The SMILES string of the molecule is CCCCCC(=O)NC. The van der Waals surface area contributed by atoms with Gasteiger partial charge >= 0.3 is 0 Å². The van der Waals surface area contributed by atoms with Crippen LogP contribution in [0.5, 0.6) is 0 Å². The fourth-order valence-corrected chi connectivity index (χ4v) is 0.661. The maximum atomic E-state index is 10.6. The molecule has 0 aliphatic heterocycles. The molecule has 0 bridgehead atoms. The standard InChI is InChI=1S/C7H15NO/c1-3-4-5-6-7(9)8-2/h3-6H2,1-2H3,(H,8,9). The number of amides is 1. The Bertz CT molecular complexity index is 81.0. The Morgan fingerprint density at radius 1 is 1.44 bits per heavy atom. The largest absolute Gasteiger partial charge is 0.359 e. The van der Waals surface area contributed by atoms with E-state index in [9.17, 15) is 4.79 Å². The van der Waals surface area contributed by atoms with Crippen LogP contribution in [0.2, 0.25) is 0 Å². The van der Waals surface area contributed by atoms with Gasteiger partial charge in [-0.05, 0) is 6.42 Å². The monoisotopic (exact) mass is 129 g/mol. The molecule has 0 saturated carbocycles. The lowest BCUT2D eigenvalue weighted by Crippen LogP contribution is -2.16. The highest BCUT2D eigenvalue weighted by atomic mass is 16.1. The molecule has 54 valence electrons. The number of rotatable bonds is 4. The molecule has 0 aliphatic rings. The van der Waals surface area contributed by atoms with Crippen molar-refractivity contribution < 1.29 is 4.79 Å². The molecular formula is C7H15NO. The summed E-state index contributed by atoms with van der Waals surface area (Å²) in [7, 11) is 1.67. The molecule has 0 aromatic rings. The lowest BCUT2D eigenvalue weighted by Gasteiger charge is -1.96. The first-order chi connectivity index (χ1) is 4.31. The van der Waals surface area contributed by atoms with Gasteiger partial charge in [0.05, 0.1) is 0 Å². The number of carbonyl (C=O) groups is 1. The van der Waals surface area contributed by atoms with E-state index in [1.165, 1.54) is 6.42 Å². The van der Waals surface area contributed by atoms with Crippen LogP contribution in [0.4, 0.5) is 0 Å². The number of nitrogens with one attached hydrogen (secondary N) is 1. The molecule has 0 spiro atoms. The topological polar surface area (TPSA) is 29.1 Å². The average Bonchev–Trinajstić information content (AvgIpc) is 1.89. The van der Waals surface area contributed by atoms with Crippen LogP contribution in [0.3, 0.4) is 0 Å². The first kappa shape index (κ1) is 8.47. The predicted octanol–water partition coefficient (Wildman–Crippen LogP) is 1.31. The van der Waals surface area contributed by atoms with Crippen molar-refractivity contribution >= 4 is 5.91 Å². The Morgan fingerprint density at radius 2 is 2.11 bits per heavy atom. The molecule has 2 heteroatoms. The summed E-state index contributed by atoms with van der Waals surface area (Å²) in [4.78, 5) is 10.6. The molecular weight excluding hydrogens is 114 g/mol. The van der Waals surface area contributed by atoms with Crippen LogP contribution < -0.4 is 5.32 Å². The lowest BCUT2D eigenvalue weighted by atomic mass is 10.2. The van der Waals surface area contributed by atoms with Gasteiger partial charge in [-0.25, -0.2) is 0 Å². The summed E-state index contributed by atoms with van der Waals surface area (Å²) in [6.07, 6.45) is 4.05. The van der Waals surface area contributed by atoms with Crippen LogP contribution in [0, 0.1) is 0 Å². The van der Waals surface area contributed by atoms with Crippen molar-refractivity contribution in [3.8, 4) is 0 Å². The molecule has 2 nitrogen and oxygen atoms in total. The van der Waals surface area contributed by atoms with Crippen molar-refractivity contribution in [1.29, 1.82) is 0 Å². The van der Waals surface area contributed by atoms with Crippen molar-refractivity contribution in [3.05, 3.63) is 0 Å². The predicted molar refractivity (Wildman–Crippen MR) is 38.2 cm³/mol. The second-order valence-corrected chi connectivity index (χ2v) is 2.13. The molecule has 0 fully saturated rings. The van der Waals surface area contributed by atoms with Crippen LogP contribution in [-0.2, 0) is 4.79 Å². The lowest BCUT2D eigenvalue weighted by molar-refractivity contribution is -0.120. The molecule has 0 aromatic heterocycles. The minimum Gasteiger partial charge on any atom is -0.359 e. The zero-order valence-electron chi connectivity index (χ0n) is 6.24. The van der Waals surface area contributed by atoms with Crippen molar-refractivity contribution in [2.45, 2.75) is 32.6 Å². The molecule has 0 aromatic carbocycles. The number of hydrogen-bond acceptors (Lipinski definition) is 1. The van der Waals surface area contributed by atoms with Gasteiger partial charge in [0.2, 0.25) is 5.91 Å². The Morgan fingerprint density at radius 3 is 2.56 bits per heavy atom. The maximum Gasteiger partial charge on any atom is 0.219 e. The van der Waals surface area contributed by atoms with E-state index >= 15 is 0 Å². The van der Waals surface area contributed by atoms with Crippen molar-refractivity contribution in [3.63, 3.8) is 0 Å². The van der Waals surface area contributed by atoms with E-state index < -0.39 is 0 Å². The third kappa shape index (κ3) is 5.34. The van der Waals surface area contributed by atoms with Crippen molar-refractivity contribution in [1.82, 2.24) is 5.32 Å². The Kier molecular flexibility index (Phi) is 5.27. The fourth-order valence-electron chi connectivity index (χ4n) is 0.661. The van der Waals surface area contributed by atoms with Gasteiger partial charge in [-0.1, -0.05) is 19.8 Å². The van der Waals surface area contributed by atoms with Crippen LogP contribution in [0.15, 0.2) is 0 Å². The van der Waals surface area contributed by atoms with Gasteiger partial charge in [0, 0.05) is 13.5 Å². The summed E-state index contributed by atoms with van der Waals surface area (Å²) < 4.78 is 0. The number of unbranched alkanes of at least 4 members (excludes halogenated alkanes) is 2. The quantitative estimate of drug-likeness (QED) is 0.570. The molecule has 0 saturated heterocycles. The number of carbonyl (C=O) groups excluding carboxylic acids is 1. The van der Waals surface area contributed by atoms with E-state index in [1.807, 2.05) is 0 Å². The maximum absolute atomic E-state index is 10.6. The van der Waals surface area contributed by atoms with Crippen LogP contribution in [0.1, 0.15) is 32.6 Å². The Balaban J connectivity index is 2.97. The molecule has 1 amide bonds. The van der Waals surface area contributed by atoms with E-state index in [-0.39, 0.29) is 5.91 Å². The summed E-state index contributed by atoms with van der Waals surface area (Å²) in [5.41, 5.74) is 0. The number of hydrogen-bond donors (Lipinski definition) is 1. The molecule has 0 rings (SSSR count). The van der Waals surface area contributed by atoms with Gasteiger partial charge in [-0.15, -0.1) is 0 Å². The zero-order chi connectivity index (χ0) is 7.11. The summed E-state index contributed by atoms with van der Waals surface area (Å²) >= 11 is 0. The minimum absolute atomic E-state index is 0.156. The van der Waals surface area contributed by atoms with E-state index in [1.54, 1.807) is 7.05 Å². The molecule has 1 N–H and O–H groups in total. The summed E-state index contributed by atoms with van der Waals surface area (Å²) in [5.74, 6) is 0.156. The molecule has 0 aliphatic carbocycles. The molecule has 9 heavy (non-hydrogen) atoms. The first-order valence-corrected chi connectivity index (χ1v) is 3.51. The van der Waals surface area contributed by atoms with E-state index in [0.29, 0.717) is 6.42 Å². The highest BCUT2D eigenvalue weighted by Crippen LogP contribution is 1.97. The van der Waals surface area contributed by atoms with Gasteiger partial charge < -0.3 is 5.32 Å². The first-order valence-electron chi connectivity index (χ1n) is 3.51. The average molecular weight is 129 g/mol. The van der Waals surface area contributed by atoms with Crippen molar-refractivity contribution in [2.24, 2.45) is 0 Å². The van der Waals surface area contributed by atoms with Gasteiger partial charge in [-0.2, -0.15) is 0 Å². The Labute approximate surface area is 56.6 Å². The van der Waals surface area contributed by atoms with Crippen molar-refractivity contribution in [2.75, 3.05) is 7.05 Å². The van der Waals surface area contributed by atoms with Gasteiger partial charge in [-0.3, -0.25) is 4.79 Å². The van der Waals surface area contributed by atoms with Gasteiger partial charge in [0.15, 0.2) is 0 Å². The normalized spacial score (nSPS) is 9.11. The third-order valence-corrected chi connectivity index (χ3v) is 1.29. The second kappa shape index (κ2) is 5.60. The van der Waals surface area contributed by atoms with Crippen LogP contribution in [0.25, 0.3) is 0 Å². The fraction of sp³-hybridized carbons (Fsp3) is 0.857. The van der Waals surface area contributed by atoms with E-state index in [4.69, 9.17) is 0 Å². The molecule has 0 radical (unpaired) electrons. The molecule has 0 unspecified atom stereocenters. The third-order valence-electron chi connectivity index (χ3n) is 1.29. The summed E-state index contributed by atoms with van der Waals surface area (Å²) in [5, 5.41) is 2.58.